The van der Waals surface area contributed by atoms with Gasteiger partial charge in [-0.05, 0) is 67.9 Å². The molecule has 0 unspecified atom stereocenters. The average Bonchev–Trinajstić information content (AvgIpc) is 3.41. The molecule has 0 aliphatic carbocycles. The maximum absolute atomic E-state index is 13.5. The molecule has 0 N–H and O–H groups in total. The van der Waals surface area contributed by atoms with Gasteiger partial charge in [-0.3, -0.25) is 24.1 Å². The molecule has 0 radical (unpaired) electrons. The molecule has 3 fully saturated rings. The van der Waals surface area contributed by atoms with Gasteiger partial charge in [-0.2, -0.15) is 0 Å². The van der Waals surface area contributed by atoms with Crippen LogP contribution >= 0.6 is 11.6 Å². The van der Waals surface area contributed by atoms with Gasteiger partial charge in [0, 0.05) is 23.6 Å². The van der Waals surface area contributed by atoms with E-state index in [1.54, 1.807) is 48.5 Å². The third kappa shape index (κ3) is 3.24. The highest BCUT2D eigenvalue weighted by Crippen LogP contribution is 2.48. The summed E-state index contributed by atoms with van der Waals surface area (Å²) >= 11 is 5.97. The number of carbonyl (C=O) groups is 4. The molecule has 5 rings (SSSR count). The Morgan fingerprint density at radius 2 is 1.62 bits per heavy atom. The molecule has 0 aromatic heterocycles. The van der Waals surface area contributed by atoms with Gasteiger partial charge in [0.1, 0.15) is 5.75 Å². The van der Waals surface area contributed by atoms with Gasteiger partial charge in [0.2, 0.25) is 11.8 Å². The van der Waals surface area contributed by atoms with Gasteiger partial charge in [0.15, 0.2) is 5.78 Å². The first kappa shape index (κ1) is 20.8. The topological polar surface area (TPSA) is 84.0 Å². The number of amides is 2. The van der Waals surface area contributed by atoms with Crippen LogP contribution in [0.15, 0.2) is 48.5 Å². The van der Waals surface area contributed by atoms with E-state index in [1.807, 2.05) is 4.90 Å². The number of ketones is 1. The Balaban J connectivity index is 1.48. The van der Waals surface area contributed by atoms with E-state index in [9.17, 15) is 19.2 Å². The summed E-state index contributed by atoms with van der Waals surface area (Å²) in [7, 11) is 0. The van der Waals surface area contributed by atoms with E-state index in [1.165, 1.54) is 11.8 Å². The fourth-order valence-corrected chi connectivity index (χ4v) is 5.51. The lowest BCUT2D eigenvalue weighted by atomic mass is 9.85. The molecule has 2 aromatic carbocycles. The third-order valence-corrected chi connectivity index (χ3v) is 6.86. The molecule has 164 valence electrons. The number of rotatable bonds is 4. The zero-order valence-corrected chi connectivity index (χ0v) is 18.1. The Hall–Kier alpha value is -3.03. The smallest absolute Gasteiger partial charge is 0.308 e. The molecule has 0 spiro atoms. The lowest BCUT2D eigenvalue weighted by Crippen LogP contribution is -2.46. The summed E-state index contributed by atoms with van der Waals surface area (Å²) in [5.41, 5.74) is 0.891. The minimum atomic E-state index is -0.718. The predicted octanol–water partition coefficient (Wildman–Crippen LogP) is 3.10. The summed E-state index contributed by atoms with van der Waals surface area (Å²) < 4.78 is 5.03. The molecule has 3 aliphatic rings. The van der Waals surface area contributed by atoms with E-state index in [4.69, 9.17) is 16.3 Å². The van der Waals surface area contributed by atoms with Crippen molar-refractivity contribution in [3.63, 3.8) is 0 Å². The molecule has 7 nitrogen and oxygen atoms in total. The Morgan fingerprint density at radius 1 is 0.969 bits per heavy atom. The number of imide groups is 1. The molecular formula is C24H21ClN2O5. The Morgan fingerprint density at radius 3 is 2.28 bits per heavy atom. The van der Waals surface area contributed by atoms with Crippen molar-refractivity contribution >= 4 is 40.9 Å². The van der Waals surface area contributed by atoms with Crippen LogP contribution in [0.5, 0.6) is 5.75 Å². The van der Waals surface area contributed by atoms with Crippen molar-refractivity contribution in [3.8, 4) is 5.75 Å². The van der Waals surface area contributed by atoms with Crippen LogP contribution in [0, 0.1) is 11.8 Å². The number of esters is 1. The van der Waals surface area contributed by atoms with Crippen LogP contribution in [0.25, 0.3) is 0 Å². The molecule has 0 saturated carbocycles. The van der Waals surface area contributed by atoms with E-state index >= 15 is 0 Å². The van der Waals surface area contributed by atoms with E-state index in [0.717, 1.165) is 12.8 Å². The maximum Gasteiger partial charge on any atom is 0.308 e. The number of carbonyl (C=O) groups excluding carboxylic acids is 4. The number of nitrogens with zero attached hydrogens (tertiary/aromatic N) is 2. The van der Waals surface area contributed by atoms with Crippen LogP contribution in [0.4, 0.5) is 5.69 Å². The Labute approximate surface area is 189 Å². The molecule has 0 bridgehead atoms. The summed E-state index contributed by atoms with van der Waals surface area (Å²) in [6.45, 7) is 1.99. The van der Waals surface area contributed by atoms with E-state index in [-0.39, 0.29) is 23.6 Å². The second kappa shape index (κ2) is 7.83. The van der Waals surface area contributed by atoms with Crippen LogP contribution in [0.1, 0.15) is 30.1 Å². The molecule has 4 atom stereocenters. The van der Waals surface area contributed by atoms with Crippen molar-refractivity contribution in [2.45, 2.75) is 31.8 Å². The molecule has 3 aliphatic heterocycles. The zero-order chi connectivity index (χ0) is 22.6. The molecule has 3 saturated heterocycles. The summed E-state index contributed by atoms with van der Waals surface area (Å²) in [4.78, 5) is 54.8. The summed E-state index contributed by atoms with van der Waals surface area (Å²) in [5.74, 6) is -2.17. The molecule has 2 amide bonds. The fourth-order valence-electron chi connectivity index (χ4n) is 5.38. The second-order valence-corrected chi connectivity index (χ2v) is 8.85. The number of fused-ring (bicyclic) bond motifs is 3. The highest BCUT2D eigenvalue weighted by Gasteiger charge is 2.64. The molecule has 8 heteroatoms. The van der Waals surface area contributed by atoms with Gasteiger partial charge in [0.25, 0.3) is 0 Å². The SMILES string of the molecule is CC(=O)Oc1ccc(N2C(=O)[C@@H]3[C@@H](C2=O)[C@@H](C(=O)c2ccc(Cl)cc2)N2CCC[C@H]32)cc1. The van der Waals surface area contributed by atoms with E-state index in [2.05, 4.69) is 0 Å². The van der Waals surface area contributed by atoms with Crippen molar-refractivity contribution in [1.82, 2.24) is 4.90 Å². The van der Waals surface area contributed by atoms with Crippen molar-refractivity contribution in [1.29, 1.82) is 0 Å². The predicted molar refractivity (Wildman–Crippen MR) is 117 cm³/mol. The summed E-state index contributed by atoms with van der Waals surface area (Å²) in [5, 5.41) is 0.528. The normalized spacial score (nSPS) is 26.9. The number of Topliss-reactive ketones (excluding diaryl/α,β-unsaturated/α-hetero) is 1. The number of hydrogen-bond acceptors (Lipinski definition) is 6. The number of anilines is 1. The number of ether oxygens (including phenoxy) is 1. The Bertz CT molecular complexity index is 1110. The lowest BCUT2D eigenvalue weighted by Gasteiger charge is -2.27. The van der Waals surface area contributed by atoms with E-state index < -0.39 is 23.8 Å². The number of benzene rings is 2. The molecule has 32 heavy (non-hydrogen) atoms. The minimum Gasteiger partial charge on any atom is -0.427 e. The van der Waals surface area contributed by atoms with Crippen LogP contribution in [0.3, 0.4) is 0 Å². The van der Waals surface area contributed by atoms with Gasteiger partial charge >= 0.3 is 5.97 Å². The molecule has 2 aromatic rings. The summed E-state index contributed by atoms with van der Waals surface area (Å²) in [6, 6.07) is 12.1. The average molecular weight is 453 g/mol. The molecular weight excluding hydrogens is 432 g/mol. The van der Waals surface area contributed by atoms with Crippen LogP contribution in [-0.4, -0.2) is 47.1 Å². The van der Waals surface area contributed by atoms with Gasteiger partial charge < -0.3 is 4.74 Å². The first-order valence-electron chi connectivity index (χ1n) is 10.6. The van der Waals surface area contributed by atoms with Crippen molar-refractivity contribution in [2.24, 2.45) is 11.8 Å². The standard InChI is InChI=1S/C24H21ClN2O5/c1-13(28)32-17-10-8-16(9-11-17)27-23(30)19-18-3-2-12-26(18)21(20(19)24(27)31)22(29)14-4-6-15(25)7-5-14/h4-11,18-21H,2-3,12H2,1H3/t18-,19+,20-,21+/m1/s1. The first-order chi connectivity index (χ1) is 15.4. The zero-order valence-electron chi connectivity index (χ0n) is 17.4. The van der Waals surface area contributed by atoms with Gasteiger partial charge in [-0.15, -0.1) is 0 Å². The quantitative estimate of drug-likeness (QED) is 0.307. The van der Waals surface area contributed by atoms with Crippen molar-refractivity contribution in [2.75, 3.05) is 11.4 Å². The third-order valence-electron chi connectivity index (χ3n) is 6.61. The fraction of sp³-hybridized carbons (Fsp3) is 0.333. The second-order valence-electron chi connectivity index (χ2n) is 8.41. The summed E-state index contributed by atoms with van der Waals surface area (Å²) in [6.07, 6.45) is 1.67. The molecule has 3 heterocycles. The monoisotopic (exact) mass is 452 g/mol. The van der Waals surface area contributed by atoms with Crippen LogP contribution < -0.4 is 9.64 Å². The largest absolute Gasteiger partial charge is 0.427 e. The van der Waals surface area contributed by atoms with Gasteiger partial charge in [-0.25, -0.2) is 4.90 Å². The van der Waals surface area contributed by atoms with Crippen molar-refractivity contribution in [3.05, 3.63) is 59.1 Å². The lowest BCUT2D eigenvalue weighted by molar-refractivity contribution is -0.132. The Kier molecular flexibility index (Phi) is 5.10. The maximum atomic E-state index is 13.5. The van der Waals surface area contributed by atoms with Crippen LogP contribution in [-0.2, 0) is 14.4 Å². The van der Waals surface area contributed by atoms with Crippen molar-refractivity contribution < 1.29 is 23.9 Å². The van der Waals surface area contributed by atoms with Gasteiger partial charge in [-0.1, -0.05) is 11.6 Å². The number of halogens is 1. The number of hydrogen-bond donors (Lipinski definition) is 0. The van der Waals surface area contributed by atoms with E-state index in [0.29, 0.717) is 28.6 Å². The van der Waals surface area contributed by atoms with Gasteiger partial charge in [0.05, 0.1) is 23.6 Å². The minimum absolute atomic E-state index is 0.122. The first-order valence-corrected chi connectivity index (χ1v) is 11.0. The van der Waals surface area contributed by atoms with Crippen LogP contribution in [0.2, 0.25) is 5.02 Å². The highest BCUT2D eigenvalue weighted by atomic mass is 35.5. The highest BCUT2D eigenvalue weighted by molar-refractivity contribution is 6.30.